The van der Waals surface area contributed by atoms with Crippen LogP contribution in [0.5, 0.6) is 0 Å². The van der Waals surface area contributed by atoms with Gasteiger partial charge in [0.25, 0.3) is 0 Å². The van der Waals surface area contributed by atoms with E-state index in [1.54, 1.807) is 0 Å². The fourth-order valence-electron chi connectivity index (χ4n) is 1.66. The van der Waals surface area contributed by atoms with Gasteiger partial charge in [-0.05, 0) is 37.1 Å². The van der Waals surface area contributed by atoms with Gasteiger partial charge in [0, 0.05) is 25.8 Å². The molecule has 0 aliphatic carbocycles. The van der Waals surface area contributed by atoms with Crippen molar-refractivity contribution in [1.29, 1.82) is 0 Å². The third kappa shape index (κ3) is 4.23. The quantitative estimate of drug-likeness (QED) is 0.711. The molecule has 1 rings (SSSR count). The van der Waals surface area contributed by atoms with E-state index in [-0.39, 0.29) is 0 Å². The number of benzene rings is 1. The molecule has 1 aromatic carbocycles. The van der Waals surface area contributed by atoms with Crippen LogP contribution in [-0.4, -0.2) is 26.7 Å². The second kappa shape index (κ2) is 7.29. The summed E-state index contributed by atoms with van der Waals surface area (Å²) in [5, 5.41) is 3.42. The fourth-order valence-corrected chi connectivity index (χ4v) is 1.66. The maximum Gasteiger partial charge on any atom is 0.0364 e. The number of rotatable bonds is 7. The van der Waals surface area contributed by atoms with Crippen LogP contribution in [0, 0.1) is 0 Å². The van der Waals surface area contributed by atoms with Crippen molar-refractivity contribution < 1.29 is 0 Å². The zero-order valence-corrected chi connectivity index (χ0v) is 10.8. The van der Waals surface area contributed by atoms with Crippen molar-refractivity contribution >= 4 is 5.69 Å². The van der Waals surface area contributed by atoms with E-state index in [2.05, 4.69) is 55.4 Å². The molecular formula is C14H24N2. The lowest BCUT2D eigenvalue weighted by Gasteiger charge is -2.19. The normalized spacial score (nSPS) is 10.4. The third-order valence-electron chi connectivity index (χ3n) is 2.84. The summed E-state index contributed by atoms with van der Waals surface area (Å²) in [6.07, 6.45) is 2.32. The molecule has 1 N–H and O–H groups in total. The molecule has 1 aromatic rings. The molecule has 0 saturated heterocycles. The van der Waals surface area contributed by atoms with Crippen molar-refractivity contribution in [3.8, 4) is 0 Å². The molecule has 0 heterocycles. The van der Waals surface area contributed by atoms with Gasteiger partial charge in [-0.25, -0.2) is 0 Å². The number of nitrogens with zero attached hydrogens (tertiary/aromatic N) is 1. The Bertz CT molecular complexity index is 279. The zero-order valence-electron chi connectivity index (χ0n) is 10.8. The molecule has 0 bridgehead atoms. The summed E-state index contributed by atoms with van der Waals surface area (Å²) in [7, 11) is 2.15. The molecule has 0 aliphatic heterocycles. The average Bonchev–Trinajstić information content (AvgIpc) is 2.34. The molecule has 0 radical (unpaired) electrons. The van der Waals surface area contributed by atoms with Crippen LogP contribution >= 0.6 is 0 Å². The van der Waals surface area contributed by atoms with Crippen LogP contribution in [0.2, 0.25) is 0 Å². The topological polar surface area (TPSA) is 15.3 Å². The highest BCUT2D eigenvalue weighted by Crippen LogP contribution is 2.13. The summed E-state index contributed by atoms with van der Waals surface area (Å²) < 4.78 is 0. The number of likely N-dealkylation sites (N-methyl/N-ethyl adjacent to an activating group) is 1. The minimum absolute atomic E-state index is 1.06. The highest BCUT2D eigenvalue weighted by atomic mass is 15.1. The first-order chi connectivity index (χ1) is 7.77. The minimum Gasteiger partial charge on any atom is -0.373 e. The van der Waals surface area contributed by atoms with E-state index in [4.69, 9.17) is 0 Å². The van der Waals surface area contributed by atoms with Crippen LogP contribution in [0.3, 0.4) is 0 Å². The largest absolute Gasteiger partial charge is 0.373 e. The first-order valence-corrected chi connectivity index (χ1v) is 6.28. The molecular weight excluding hydrogens is 196 g/mol. The second-order valence-electron chi connectivity index (χ2n) is 4.19. The van der Waals surface area contributed by atoms with Gasteiger partial charge in [-0.2, -0.15) is 0 Å². The average molecular weight is 220 g/mol. The van der Waals surface area contributed by atoms with E-state index < -0.39 is 0 Å². The molecule has 0 atom stereocenters. The van der Waals surface area contributed by atoms with E-state index in [1.807, 2.05) is 0 Å². The van der Waals surface area contributed by atoms with Crippen molar-refractivity contribution in [1.82, 2.24) is 5.32 Å². The molecule has 2 heteroatoms. The molecule has 16 heavy (non-hydrogen) atoms. The third-order valence-corrected chi connectivity index (χ3v) is 2.84. The van der Waals surface area contributed by atoms with Crippen LogP contribution < -0.4 is 10.2 Å². The van der Waals surface area contributed by atoms with Crippen molar-refractivity contribution in [2.75, 3.05) is 31.6 Å². The Balaban J connectivity index is 2.37. The Kier molecular flexibility index (Phi) is 5.94. The van der Waals surface area contributed by atoms with Crippen LogP contribution in [0.25, 0.3) is 0 Å². The van der Waals surface area contributed by atoms with E-state index >= 15 is 0 Å². The number of nitrogens with one attached hydrogen (secondary N) is 1. The van der Waals surface area contributed by atoms with E-state index in [0.29, 0.717) is 0 Å². The molecule has 90 valence electrons. The second-order valence-corrected chi connectivity index (χ2v) is 4.19. The van der Waals surface area contributed by atoms with Gasteiger partial charge in [-0.1, -0.05) is 26.0 Å². The maximum absolute atomic E-state index is 3.42. The van der Waals surface area contributed by atoms with Gasteiger partial charge in [0.2, 0.25) is 0 Å². The Morgan fingerprint density at radius 3 is 2.31 bits per heavy atom. The molecule has 2 nitrogen and oxygen atoms in total. The van der Waals surface area contributed by atoms with E-state index in [9.17, 15) is 0 Å². The summed E-state index contributed by atoms with van der Waals surface area (Å²) in [5.74, 6) is 0. The predicted octanol–water partition coefficient (Wildman–Crippen LogP) is 2.68. The van der Waals surface area contributed by atoms with Gasteiger partial charge in [0.05, 0.1) is 0 Å². The first-order valence-electron chi connectivity index (χ1n) is 6.28. The van der Waals surface area contributed by atoms with Crippen LogP contribution in [-0.2, 0) is 6.42 Å². The van der Waals surface area contributed by atoms with Gasteiger partial charge in [-0.15, -0.1) is 0 Å². The van der Waals surface area contributed by atoms with Gasteiger partial charge in [0.15, 0.2) is 0 Å². The highest BCUT2D eigenvalue weighted by Gasteiger charge is 1.99. The summed E-state index contributed by atoms with van der Waals surface area (Å²) in [4.78, 5) is 2.29. The highest BCUT2D eigenvalue weighted by molar-refractivity contribution is 5.46. The molecule has 0 spiro atoms. The monoisotopic (exact) mass is 220 g/mol. The zero-order chi connectivity index (χ0) is 11.8. The van der Waals surface area contributed by atoms with Gasteiger partial charge >= 0.3 is 0 Å². The molecule has 0 amide bonds. The van der Waals surface area contributed by atoms with Crippen molar-refractivity contribution in [3.05, 3.63) is 29.8 Å². The molecule has 0 unspecified atom stereocenters. The number of aryl methyl sites for hydroxylation is 1. The lowest BCUT2D eigenvalue weighted by molar-refractivity contribution is 0.666. The van der Waals surface area contributed by atoms with Crippen molar-refractivity contribution in [2.45, 2.75) is 26.7 Å². The van der Waals surface area contributed by atoms with Crippen molar-refractivity contribution in [2.24, 2.45) is 0 Å². The molecule has 0 aliphatic rings. The number of hydrogen-bond acceptors (Lipinski definition) is 2. The van der Waals surface area contributed by atoms with Gasteiger partial charge < -0.3 is 10.2 Å². The van der Waals surface area contributed by atoms with Gasteiger partial charge in [-0.3, -0.25) is 0 Å². The summed E-state index contributed by atoms with van der Waals surface area (Å²) in [6, 6.07) is 8.84. The fraction of sp³-hybridized carbons (Fsp3) is 0.571. The smallest absolute Gasteiger partial charge is 0.0364 e. The Morgan fingerprint density at radius 1 is 1.06 bits per heavy atom. The Hall–Kier alpha value is -1.02. The Morgan fingerprint density at radius 2 is 1.75 bits per heavy atom. The van der Waals surface area contributed by atoms with Gasteiger partial charge in [0.1, 0.15) is 0 Å². The molecule has 0 saturated carbocycles. The summed E-state index contributed by atoms with van der Waals surface area (Å²) >= 11 is 0. The van der Waals surface area contributed by atoms with Crippen LogP contribution in [0.4, 0.5) is 5.69 Å². The number of anilines is 1. The summed E-state index contributed by atoms with van der Waals surface area (Å²) in [6.45, 7) is 7.61. The minimum atomic E-state index is 1.06. The number of hydrogen-bond donors (Lipinski definition) is 1. The Labute approximate surface area is 99.7 Å². The molecule has 0 fully saturated rings. The maximum atomic E-state index is 3.42. The lowest BCUT2D eigenvalue weighted by Crippen LogP contribution is -2.29. The first kappa shape index (κ1) is 13.0. The summed E-state index contributed by atoms with van der Waals surface area (Å²) in [5.41, 5.74) is 2.71. The van der Waals surface area contributed by atoms with E-state index in [0.717, 1.165) is 26.1 Å². The van der Waals surface area contributed by atoms with Crippen LogP contribution in [0.15, 0.2) is 24.3 Å². The molecule has 0 aromatic heterocycles. The SMILES string of the molecule is CCCNCCN(C)c1ccc(CC)cc1. The lowest BCUT2D eigenvalue weighted by atomic mass is 10.1. The predicted molar refractivity (Wildman–Crippen MR) is 72.3 cm³/mol. The van der Waals surface area contributed by atoms with Crippen molar-refractivity contribution in [3.63, 3.8) is 0 Å². The van der Waals surface area contributed by atoms with E-state index in [1.165, 1.54) is 17.7 Å². The van der Waals surface area contributed by atoms with Crippen LogP contribution in [0.1, 0.15) is 25.8 Å². The standard InChI is InChI=1S/C14H24N2/c1-4-10-15-11-12-16(3)14-8-6-13(5-2)7-9-14/h6-9,15H,4-5,10-12H2,1-3H3.